The molecular formula is C24H19N. The van der Waals surface area contributed by atoms with Gasteiger partial charge in [-0.15, -0.1) is 0 Å². The molecule has 0 N–H and O–H groups in total. The number of nitrogens with zero attached hydrogens (tertiary/aromatic N) is 1. The molecule has 0 aliphatic heterocycles. The molecular weight excluding hydrogens is 302 g/mol. The number of hydrogen-bond acceptors (Lipinski definition) is 1. The van der Waals surface area contributed by atoms with Crippen molar-refractivity contribution in [3.63, 3.8) is 0 Å². The first-order valence-corrected chi connectivity index (χ1v) is 8.49. The molecule has 4 rings (SSSR count). The van der Waals surface area contributed by atoms with Crippen molar-refractivity contribution in [2.45, 2.75) is 6.92 Å². The van der Waals surface area contributed by atoms with Crippen LogP contribution < -0.4 is 0 Å². The lowest BCUT2D eigenvalue weighted by Crippen LogP contribution is -1.88. The van der Waals surface area contributed by atoms with Crippen molar-refractivity contribution in [2.75, 3.05) is 0 Å². The summed E-state index contributed by atoms with van der Waals surface area (Å²) in [5, 5.41) is 0. The van der Waals surface area contributed by atoms with Gasteiger partial charge in [-0.25, -0.2) is 0 Å². The molecule has 0 fully saturated rings. The van der Waals surface area contributed by atoms with E-state index in [9.17, 15) is 0 Å². The van der Waals surface area contributed by atoms with Crippen LogP contribution in [0.25, 0.3) is 33.4 Å². The van der Waals surface area contributed by atoms with Crippen LogP contribution in [0.5, 0.6) is 0 Å². The van der Waals surface area contributed by atoms with E-state index in [0.717, 1.165) is 5.56 Å². The summed E-state index contributed by atoms with van der Waals surface area (Å²) in [6, 6.07) is 29.9. The molecule has 0 aliphatic rings. The van der Waals surface area contributed by atoms with Gasteiger partial charge in [0.25, 0.3) is 0 Å². The van der Waals surface area contributed by atoms with Gasteiger partial charge in [0.2, 0.25) is 0 Å². The molecule has 0 radical (unpaired) electrons. The average molecular weight is 321 g/mol. The molecule has 0 amide bonds. The van der Waals surface area contributed by atoms with E-state index in [4.69, 9.17) is 0 Å². The highest BCUT2D eigenvalue weighted by Crippen LogP contribution is 2.34. The zero-order valence-corrected chi connectivity index (χ0v) is 14.2. The van der Waals surface area contributed by atoms with Crippen molar-refractivity contribution >= 4 is 0 Å². The van der Waals surface area contributed by atoms with Crippen molar-refractivity contribution in [1.82, 2.24) is 4.98 Å². The number of pyridine rings is 1. The normalized spacial score (nSPS) is 10.6. The van der Waals surface area contributed by atoms with Crippen LogP contribution in [-0.4, -0.2) is 4.98 Å². The molecule has 120 valence electrons. The minimum absolute atomic E-state index is 1.14. The van der Waals surface area contributed by atoms with Crippen molar-refractivity contribution in [2.24, 2.45) is 0 Å². The van der Waals surface area contributed by atoms with Crippen LogP contribution in [0.15, 0.2) is 97.3 Å². The fourth-order valence-electron chi connectivity index (χ4n) is 3.22. The lowest BCUT2D eigenvalue weighted by molar-refractivity contribution is 1.33. The molecule has 1 nitrogen and oxygen atoms in total. The first kappa shape index (κ1) is 15.3. The van der Waals surface area contributed by atoms with Gasteiger partial charge >= 0.3 is 0 Å². The molecule has 0 saturated carbocycles. The van der Waals surface area contributed by atoms with Crippen LogP contribution in [0.1, 0.15) is 5.56 Å². The Labute approximate surface area is 148 Å². The van der Waals surface area contributed by atoms with Crippen molar-refractivity contribution in [3.8, 4) is 33.4 Å². The Morgan fingerprint density at radius 2 is 1.16 bits per heavy atom. The second-order valence-electron chi connectivity index (χ2n) is 6.18. The quantitative estimate of drug-likeness (QED) is 0.426. The van der Waals surface area contributed by atoms with Crippen LogP contribution in [0.3, 0.4) is 0 Å². The number of benzene rings is 3. The Bertz CT molecular complexity index is 986. The summed E-state index contributed by atoms with van der Waals surface area (Å²) in [5.41, 5.74) is 8.67. The molecule has 1 heteroatoms. The standard InChI is InChI=1S/C24H19N/c1-18-7-2-3-9-22(18)24-11-5-4-10-23(24)20-14-12-19(13-15-20)21-8-6-16-25-17-21/h2-17H,1H3. The second kappa shape index (κ2) is 6.74. The lowest BCUT2D eigenvalue weighted by Gasteiger charge is -2.13. The summed E-state index contributed by atoms with van der Waals surface area (Å²) in [7, 11) is 0. The summed E-state index contributed by atoms with van der Waals surface area (Å²) in [4.78, 5) is 4.21. The predicted octanol–water partition coefficient (Wildman–Crippen LogP) is 6.39. The Balaban J connectivity index is 1.78. The van der Waals surface area contributed by atoms with E-state index >= 15 is 0 Å². The number of rotatable bonds is 3. The van der Waals surface area contributed by atoms with Gasteiger partial charge in [-0.1, -0.05) is 78.9 Å². The fourth-order valence-corrected chi connectivity index (χ4v) is 3.22. The summed E-state index contributed by atoms with van der Waals surface area (Å²) >= 11 is 0. The summed E-state index contributed by atoms with van der Waals surface area (Å²) in [6.45, 7) is 2.16. The van der Waals surface area contributed by atoms with E-state index in [1.165, 1.54) is 33.4 Å². The van der Waals surface area contributed by atoms with Gasteiger partial charge in [0, 0.05) is 12.4 Å². The zero-order valence-electron chi connectivity index (χ0n) is 14.2. The Morgan fingerprint density at radius 3 is 1.84 bits per heavy atom. The SMILES string of the molecule is Cc1ccccc1-c1ccccc1-c1ccc(-c2cccnc2)cc1. The monoisotopic (exact) mass is 321 g/mol. The van der Waals surface area contributed by atoms with Crippen LogP contribution in [0.4, 0.5) is 0 Å². The predicted molar refractivity (Wildman–Crippen MR) is 105 cm³/mol. The van der Waals surface area contributed by atoms with E-state index in [0.29, 0.717) is 0 Å². The van der Waals surface area contributed by atoms with Crippen molar-refractivity contribution < 1.29 is 0 Å². The number of aryl methyl sites for hydroxylation is 1. The number of hydrogen-bond donors (Lipinski definition) is 0. The van der Waals surface area contributed by atoms with E-state index < -0.39 is 0 Å². The van der Waals surface area contributed by atoms with Gasteiger partial charge in [-0.3, -0.25) is 4.98 Å². The lowest BCUT2D eigenvalue weighted by atomic mass is 9.91. The molecule has 1 aromatic heterocycles. The maximum Gasteiger partial charge on any atom is 0.0346 e. The second-order valence-corrected chi connectivity index (χ2v) is 6.18. The summed E-state index contributed by atoms with van der Waals surface area (Å²) < 4.78 is 0. The molecule has 0 unspecified atom stereocenters. The molecule has 0 spiro atoms. The van der Waals surface area contributed by atoms with E-state index in [-0.39, 0.29) is 0 Å². The van der Waals surface area contributed by atoms with Gasteiger partial charge in [0.05, 0.1) is 0 Å². The average Bonchev–Trinajstić information content (AvgIpc) is 2.69. The Morgan fingerprint density at radius 1 is 0.520 bits per heavy atom. The van der Waals surface area contributed by atoms with Crippen LogP contribution in [-0.2, 0) is 0 Å². The molecule has 0 saturated heterocycles. The van der Waals surface area contributed by atoms with Crippen LogP contribution >= 0.6 is 0 Å². The molecule has 0 atom stereocenters. The summed E-state index contributed by atoms with van der Waals surface area (Å²) in [5.74, 6) is 0. The highest BCUT2D eigenvalue weighted by Gasteiger charge is 2.09. The van der Waals surface area contributed by atoms with Gasteiger partial charge in [-0.05, 0) is 51.9 Å². The summed E-state index contributed by atoms with van der Waals surface area (Å²) in [6.07, 6.45) is 3.70. The fraction of sp³-hybridized carbons (Fsp3) is 0.0417. The zero-order chi connectivity index (χ0) is 17.1. The molecule has 4 aromatic rings. The van der Waals surface area contributed by atoms with Crippen LogP contribution in [0, 0.1) is 6.92 Å². The van der Waals surface area contributed by atoms with E-state index in [2.05, 4.69) is 90.8 Å². The van der Waals surface area contributed by atoms with Gasteiger partial charge in [0.1, 0.15) is 0 Å². The highest BCUT2D eigenvalue weighted by atomic mass is 14.6. The van der Waals surface area contributed by atoms with Crippen molar-refractivity contribution in [1.29, 1.82) is 0 Å². The topological polar surface area (TPSA) is 12.9 Å². The third kappa shape index (κ3) is 3.09. The van der Waals surface area contributed by atoms with E-state index in [1.807, 2.05) is 12.3 Å². The first-order chi connectivity index (χ1) is 12.3. The van der Waals surface area contributed by atoms with E-state index in [1.54, 1.807) is 6.20 Å². The molecule has 3 aromatic carbocycles. The molecule has 1 heterocycles. The number of aromatic nitrogens is 1. The molecule has 0 aliphatic carbocycles. The highest BCUT2D eigenvalue weighted by molar-refractivity contribution is 5.85. The van der Waals surface area contributed by atoms with Crippen LogP contribution in [0.2, 0.25) is 0 Å². The molecule has 25 heavy (non-hydrogen) atoms. The maximum atomic E-state index is 4.21. The van der Waals surface area contributed by atoms with Gasteiger partial charge < -0.3 is 0 Å². The minimum atomic E-state index is 1.14. The first-order valence-electron chi connectivity index (χ1n) is 8.49. The third-order valence-corrected chi connectivity index (χ3v) is 4.55. The largest absolute Gasteiger partial charge is 0.264 e. The smallest absolute Gasteiger partial charge is 0.0346 e. The Hall–Kier alpha value is -3.19. The maximum absolute atomic E-state index is 4.21. The minimum Gasteiger partial charge on any atom is -0.264 e. The molecule has 0 bridgehead atoms. The third-order valence-electron chi connectivity index (χ3n) is 4.55. The van der Waals surface area contributed by atoms with Gasteiger partial charge in [0.15, 0.2) is 0 Å². The van der Waals surface area contributed by atoms with Crippen molar-refractivity contribution in [3.05, 3.63) is 103 Å². The Kier molecular flexibility index (Phi) is 4.14. The van der Waals surface area contributed by atoms with Gasteiger partial charge in [-0.2, -0.15) is 0 Å².